The summed E-state index contributed by atoms with van der Waals surface area (Å²) in [7, 11) is 0. The zero-order chi connectivity index (χ0) is 8.55. The summed E-state index contributed by atoms with van der Waals surface area (Å²) in [6, 6.07) is -0.770. The first-order valence-electron chi connectivity index (χ1n) is 3.85. The van der Waals surface area contributed by atoms with Crippen molar-refractivity contribution in [1.29, 1.82) is 0 Å². The van der Waals surface area contributed by atoms with Gasteiger partial charge in [0.1, 0.15) is 12.2 Å². The number of carbonyl (C=O) groups is 2. The lowest BCUT2D eigenvalue weighted by Gasteiger charge is -2.36. The Kier molecular flexibility index (Phi) is 1.70. The van der Waals surface area contributed by atoms with Crippen molar-refractivity contribution in [3.63, 3.8) is 0 Å². The summed E-state index contributed by atoms with van der Waals surface area (Å²) in [4.78, 5) is 22.0. The van der Waals surface area contributed by atoms with Crippen LogP contribution in [0.1, 0.15) is 0 Å². The van der Waals surface area contributed by atoms with Crippen molar-refractivity contribution in [1.82, 2.24) is 21.3 Å². The van der Waals surface area contributed by atoms with Crippen molar-refractivity contribution in [2.75, 3.05) is 13.1 Å². The van der Waals surface area contributed by atoms with Gasteiger partial charge in [0.15, 0.2) is 0 Å². The van der Waals surface area contributed by atoms with Crippen LogP contribution in [0.5, 0.6) is 0 Å². The summed E-state index contributed by atoms with van der Waals surface area (Å²) in [6.45, 7) is 1.50. The number of fused-ring (bicyclic) bond motifs is 1. The van der Waals surface area contributed by atoms with E-state index in [1.165, 1.54) is 0 Å². The zero-order valence-corrected chi connectivity index (χ0v) is 6.39. The fourth-order valence-electron chi connectivity index (χ4n) is 1.44. The number of amides is 3. The molecule has 6 nitrogen and oxygen atoms in total. The first-order valence-corrected chi connectivity index (χ1v) is 3.85. The molecule has 2 saturated heterocycles. The Morgan fingerprint density at radius 1 is 1.17 bits per heavy atom. The maximum Gasteiger partial charge on any atom is 0.322 e. The first kappa shape index (κ1) is 7.51. The van der Waals surface area contributed by atoms with Crippen molar-refractivity contribution in [2.24, 2.45) is 0 Å². The van der Waals surface area contributed by atoms with E-state index >= 15 is 0 Å². The molecule has 2 fully saturated rings. The van der Waals surface area contributed by atoms with Crippen LogP contribution in [0.25, 0.3) is 0 Å². The number of urea groups is 1. The molecule has 0 aliphatic carbocycles. The second-order valence-corrected chi connectivity index (χ2v) is 2.83. The maximum atomic E-state index is 11.2. The Bertz CT molecular complexity index is 230. The SMILES string of the molecule is O=C1NC(=O)C2NCCNC2N1. The summed E-state index contributed by atoms with van der Waals surface area (Å²) in [5, 5.41) is 10.8. The van der Waals surface area contributed by atoms with Crippen LogP contribution in [-0.2, 0) is 4.79 Å². The van der Waals surface area contributed by atoms with Gasteiger partial charge in [0.25, 0.3) is 0 Å². The van der Waals surface area contributed by atoms with Gasteiger partial charge in [-0.25, -0.2) is 4.79 Å². The monoisotopic (exact) mass is 170 g/mol. The molecule has 0 spiro atoms. The number of rotatable bonds is 0. The minimum absolute atomic E-state index is 0.264. The van der Waals surface area contributed by atoms with Crippen molar-refractivity contribution >= 4 is 11.9 Å². The molecule has 0 radical (unpaired) electrons. The molecule has 0 aromatic carbocycles. The van der Waals surface area contributed by atoms with Crippen LogP contribution in [0.4, 0.5) is 4.79 Å². The van der Waals surface area contributed by atoms with Gasteiger partial charge in [0.2, 0.25) is 5.91 Å². The topological polar surface area (TPSA) is 82.3 Å². The van der Waals surface area contributed by atoms with E-state index in [-0.39, 0.29) is 18.1 Å². The predicted octanol–water partition coefficient (Wildman–Crippen LogP) is -2.29. The van der Waals surface area contributed by atoms with Crippen LogP contribution >= 0.6 is 0 Å². The molecule has 4 N–H and O–H groups in total. The molecule has 6 heteroatoms. The van der Waals surface area contributed by atoms with E-state index in [0.29, 0.717) is 0 Å². The molecule has 0 bridgehead atoms. The number of nitrogens with one attached hydrogen (secondary N) is 4. The van der Waals surface area contributed by atoms with E-state index in [2.05, 4.69) is 21.3 Å². The van der Waals surface area contributed by atoms with Crippen LogP contribution in [0, 0.1) is 0 Å². The zero-order valence-electron chi connectivity index (χ0n) is 6.39. The van der Waals surface area contributed by atoms with Crippen LogP contribution in [0.15, 0.2) is 0 Å². The third kappa shape index (κ3) is 1.15. The van der Waals surface area contributed by atoms with Gasteiger partial charge in [-0.1, -0.05) is 0 Å². The van der Waals surface area contributed by atoms with Crippen molar-refractivity contribution in [2.45, 2.75) is 12.2 Å². The maximum absolute atomic E-state index is 11.2. The highest BCUT2D eigenvalue weighted by Crippen LogP contribution is 1.99. The van der Waals surface area contributed by atoms with Gasteiger partial charge >= 0.3 is 6.03 Å². The standard InChI is InChI=1S/C6H10N4O2/c11-5-3-4(8-2-1-7-3)9-6(12)10-5/h3-4,7-8H,1-2H2,(H2,9,10,11,12). The smallest absolute Gasteiger partial charge is 0.320 e. The summed E-state index contributed by atoms with van der Waals surface area (Å²) < 4.78 is 0. The van der Waals surface area contributed by atoms with Gasteiger partial charge in [-0.3, -0.25) is 15.4 Å². The summed E-state index contributed by atoms with van der Waals surface area (Å²) in [5.41, 5.74) is 0. The molecule has 66 valence electrons. The van der Waals surface area contributed by atoms with Gasteiger partial charge in [-0.2, -0.15) is 0 Å². The van der Waals surface area contributed by atoms with Gasteiger partial charge in [0.05, 0.1) is 0 Å². The highest BCUT2D eigenvalue weighted by Gasteiger charge is 2.36. The number of hydrogen-bond acceptors (Lipinski definition) is 4. The largest absolute Gasteiger partial charge is 0.322 e. The van der Waals surface area contributed by atoms with E-state index in [4.69, 9.17) is 0 Å². The van der Waals surface area contributed by atoms with E-state index in [1.807, 2.05) is 0 Å². The fraction of sp³-hybridized carbons (Fsp3) is 0.667. The van der Waals surface area contributed by atoms with E-state index in [1.54, 1.807) is 0 Å². The Hall–Kier alpha value is -1.14. The van der Waals surface area contributed by atoms with Gasteiger partial charge in [-0.15, -0.1) is 0 Å². The Labute approximate surface area is 69.1 Å². The molecule has 2 unspecified atom stereocenters. The quantitative estimate of drug-likeness (QED) is 0.330. The Morgan fingerprint density at radius 2 is 1.92 bits per heavy atom. The van der Waals surface area contributed by atoms with Crippen molar-refractivity contribution < 1.29 is 9.59 Å². The lowest BCUT2D eigenvalue weighted by atomic mass is 10.1. The van der Waals surface area contributed by atoms with Gasteiger partial charge in [-0.05, 0) is 0 Å². The predicted molar refractivity (Wildman–Crippen MR) is 40.3 cm³/mol. The van der Waals surface area contributed by atoms with Crippen LogP contribution in [0.2, 0.25) is 0 Å². The molecule has 12 heavy (non-hydrogen) atoms. The average Bonchev–Trinajstić information content (AvgIpc) is 2.04. The second kappa shape index (κ2) is 2.72. The minimum Gasteiger partial charge on any atom is -0.320 e. The minimum atomic E-state index is -0.433. The second-order valence-electron chi connectivity index (χ2n) is 2.83. The summed E-state index contributed by atoms with van der Waals surface area (Å²) in [5.74, 6) is -0.268. The lowest BCUT2D eigenvalue weighted by molar-refractivity contribution is -0.124. The third-order valence-electron chi connectivity index (χ3n) is 1.99. The highest BCUT2D eigenvalue weighted by atomic mass is 16.2. The Morgan fingerprint density at radius 3 is 2.75 bits per heavy atom. The molecule has 2 aliphatic rings. The van der Waals surface area contributed by atoms with Crippen molar-refractivity contribution in [3.05, 3.63) is 0 Å². The van der Waals surface area contributed by atoms with E-state index < -0.39 is 6.03 Å². The number of carbonyl (C=O) groups excluding carboxylic acids is 2. The molecule has 2 heterocycles. The Balaban J connectivity index is 2.11. The molecule has 3 amide bonds. The third-order valence-corrected chi connectivity index (χ3v) is 1.99. The number of piperazine rings is 1. The molecule has 2 rings (SSSR count). The summed E-state index contributed by atoms with van der Waals surface area (Å²) in [6.07, 6.45) is -0.264. The fourth-order valence-corrected chi connectivity index (χ4v) is 1.44. The molecule has 0 aromatic heterocycles. The molecular weight excluding hydrogens is 160 g/mol. The normalized spacial score (nSPS) is 35.0. The molecule has 2 aliphatic heterocycles. The highest BCUT2D eigenvalue weighted by molar-refractivity contribution is 6.00. The molecule has 0 aromatic rings. The van der Waals surface area contributed by atoms with Crippen molar-refractivity contribution in [3.8, 4) is 0 Å². The molecule has 2 atom stereocenters. The van der Waals surface area contributed by atoms with Crippen LogP contribution in [0.3, 0.4) is 0 Å². The van der Waals surface area contributed by atoms with Crippen LogP contribution in [-0.4, -0.2) is 37.2 Å². The number of imide groups is 1. The van der Waals surface area contributed by atoms with Gasteiger partial charge < -0.3 is 10.6 Å². The number of hydrogen-bond donors (Lipinski definition) is 4. The molecular formula is C6H10N4O2. The van der Waals surface area contributed by atoms with E-state index in [0.717, 1.165) is 13.1 Å². The van der Waals surface area contributed by atoms with Gasteiger partial charge in [0, 0.05) is 13.1 Å². The summed E-state index contributed by atoms with van der Waals surface area (Å²) >= 11 is 0. The van der Waals surface area contributed by atoms with E-state index in [9.17, 15) is 9.59 Å². The van der Waals surface area contributed by atoms with Crippen LogP contribution < -0.4 is 21.3 Å². The average molecular weight is 170 g/mol. The molecule has 0 saturated carbocycles. The lowest BCUT2D eigenvalue weighted by Crippen LogP contribution is -2.73. The first-order chi connectivity index (χ1) is 5.77.